The fraction of sp³-hybridized carbons (Fsp3) is 0.778. The zero-order chi connectivity index (χ0) is 19.1. The highest BCUT2D eigenvalue weighted by Gasteiger charge is 2.33. The Hall–Kier alpha value is -1.57. The van der Waals surface area contributed by atoms with E-state index in [0.29, 0.717) is 11.6 Å². The summed E-state index contributed by atoms with van der Waals surface area (Å²) in [6.07, 6.45) is 5.66. The lowest BCUT2D eigenvalue weighted by Crippen LogP contribution is -2.51. The second-order valence-corrected chi connectivity index (χ2v) is 8.24. The van der Waals surface area contributed by atoms with E-state index in [1.54, 1.807) is 0 Å². The summed E-state index contributed by atoms with van der Waals surface area (Å²) in [5.74, 6) is -0.752. The standard InChI is InChI=1S/C18H30N4O3S/c1-4-12(2)14(19-16(24)13-8-6-5-7-9-13)15(23)17(25)20-21-18-22(3)10-11-26-18/h12-14H,4-11H2,1-3H3,(H,19,24)(H,20,25)/b21-18-/t12?,14-/m0/s1. The molecule has 2 fully saturated rings. The maximum absolute atomic E-state index is 12.6. The summed E-state index contributed by atoms with van der Waals surface area (Å²) in [5.41, 5.74) is 2.35. The molecule has 146 valence electrons. The number of hydrogen-bond donors (Lipinski definition) is 2. The van der Waals surface area contributed by atoms with E-state index in [1.165, 1.54) is 11.8 Å². The molecule has 0 aromatic carbocycles. The quantitative estimate of drug-likeness (QED) is 0.517. The minimum atomic E-state index is -0.802. The zero-order valence-electron chi connectivity index (χ0n) is 15.9. The van der Waals surface area contributed by atoms with Crippen LogP contribution in [0.5, 0.6) is 0 Å². The largest absolute Gasteiger partial charge is 0.352 e. The highest BCUT2D eigenvalue weighted by Crippen LogP contribution is 2.24. The molecule has 0 aromatic heterocycles. The van der Waals surface area contributed by atoms with Crippen LogP contribution in [0.1, 0.15) is 52.4 Å². The van der Waals surface area contributed by atoms with Crippen molar-refractivity contribution in [3.63, 3.8) is 0 Å². The van der Waals surface area contributed by atoms with E-state index >= 15 is 0 Å². The number of amides is 2. The van der Waals surface area contributed by atoms with E-state index in [2.05, 4.69) is 15.8 Å². The molecule has 2 N–H and O–H groups in total. The summed E-state index contributed by atoms with van der Waals surface area (Å²) in [6, 6.07) is -0.802. The summed E-state index contributed by atoms with van der Waals surface area (Å²) >= 11 is 1.53. The summed E-state index contributed by atoms with van der Waals surface area (Å²) < 4.78 is 0. The molecule has 0 spiro atoms. The molecular weight excluding hydrogens is 352 g/mol. The normalized spacial score (nSPS) is 22.1. The first-order valence-corrected chi connectivity index (χ1v) is 10.5. The van der Waals surface area contributed by atoms with Gasteiger partial charge in [-0.15, -0.1) is 5.10 Å². The average Bonchev–Trinajstić information content (AvgIpc) is 3.08. The number of hydrazone groups is 1. The SMILES string of the molecule is CCC(C)[C@H](NC(=O)C1CCCCC1)C(=O)C(=O)N/N=C1\SCCN1C. The molecule has 1 aliphatic heterocycles. The van der Waals surface area contributed by atoms with E-state index in [1.807, 2.05) is 25.8 Å². The highest BCUT2D eigenvalue weighted by atomic mass is 32.2. The van der Waals surface area contributed by atoms with Crippen LogP contribution in [0, 0.1) is 11.8 Å². The van der Waals surface area contributed by atoms with Gasteiger partial charge < -0.3 is 10.2 Å². The van der Waals surface area contributed by atoms with Crippen molar-refractivity contribution in [1.29, 1.82) is 0 Å². The third kappa shape index (κ3) is 5.46. The Labute approximate surface area is 159 Å². The number of carbonyl (C=O) groups excluding carboxylic acids is 3. The number of Topliss-reactive ketones (excluding diaryl/α,β-unsaturated/α-hetero) is 1. The first-order valence-electron chi connectivity index (χ1n) is 9.50. The Bertz CT molecular complexity index is 561. The van der Waals surface area contributed by atoms with E-state index in [4.69, 9.17) is 0 Å². The number of nitrogens with zero attached hydrogens (tertiary/aromatic N) is 2. The Morgan fingerprint density at radius 2 is 1.96 bits per heavy atom. The van der Waals surface area contributed by atoms with Gasteiger partial charge >= 0.3 is 5.91 Å². The molecule has 2 amide bonds. The Morgan fingerprint density at radius 3 is 2.54 bits per heavy atom. The summed E-state index contributed by atoms with van der Waals surface area (Å²) in [5, 5.41) is 7.57. The first-order chi connectivity index (χ1) is 12.4. The Balaban J connectivity index is 1.98. The fourth-order valence-electron chi connectivity index (χ4n) is 3.23. The summed E-state index contributed by atoms with van der Waals surface area (Å²) in [4.78, 5) is 39.4. The number of rotatable bonds is 7. The lowest BCUT2D eigenvalue weighted by molar-refractivity contribution is -0.141. The van der Waals surface area contributed by atoms with Crippen LogP contribution in [-0.4, -0.2) is 53.1 Å². The van der Waals surface area contributed by atoms with Gasteiger partial charge in [-0.05, 0) is 18.8 Å². The molecule has 1 unspecified atom stereocenters. The van der Waals surface area contributed by atoms with Crippen molar-refractivity contribution in [2.45, 2.75) is 58.4 Å². The van der Waals surface area contributed by atoms with Gasteiger partial charge in [-0.1, -0.05) is 51.3 Å². The first kappa shape index (κ1) is 20.7. The van der Waals surface area contributed by atoms with E-state index < -0.39 is 17.7 Å². The minimum absolute atomic E-state index is 0.0463. The van der Waals surface area contributed by atoms with Crippen molar-refractivity contribution in [1.82, 2.24) is 15.6 Å². The van der Waals surface area contributed by atoms with Crippen LogP contribution in [0.4, 0.5) is 0 Å². The van der Waals surface area contributed by atoms with Crippen LogP contribution in [0.15, 0.2) is 5.10 Å². The number of carbonyl (C=O) groups is 3. The van der Waals surface area contributed by atoms with Gasteiger partial charge in [0.2, 0.25) is 11.7 Å². The molecule has 26 heavy (non-hydrogen) atoms. The topological polar surface area (TPSA) is 90.9 Å². The third-order valence-electron chi connectivity index (χ3n) is 5.23. The molecule has 1 heterocycles. The molecule has 1 aliphatic carbocycles. The smallest absolute Gasteiger partial charge is 0.309 e. The zero-order valence-corrected chi connectivity index (χ0v) is 16.7. The summed E-state index contributed by atoms with van der Waals surface area (Å²) in [6.45, 7) is 4.68. The third-order valence-corrected chi connectivity index (χ3v) is 6.28. The molecule has 2 atom stereocenters. The van der Waals surface area contributed by atoms with E-state index in [9.17, 15) is 14.4 Å². The highest BCUT2D eigenvalue weighted by molar-refractivity contribution is 8.14. The predicted molar refractivity (Wildman–Crippen MR) is 104 cm³/mol. The second kappa shape index (κ2) is 9.94. The predicted octanol–water partition coefficient (Wildman–Crippen LogP) is 1.73. The molecular formula is C18H30N4O3S. The van der Waals surface area contributed by atoms with Crippen molar-refractivity contribution >= 4 is 34.5 Å². The van der Waals surface area contributed by atoms with Gasteiger partial charge in [0.25, 0.3) is 0 Å². The second-order valence-electron chi connectivity index (χ2n) is 7.18. The molecule has 0 bridgehead atoms. The maximum atomic E-state index is 12.6. The fourth-order valence-corrected chi connectivity index (χ4v) is 4.20. The van der Waals surface area contributed by atoms with Crippen molar-refractivity contribution in [2.75, 3.05) is 19.3 Å². The molecule has 7 nitrogen and oxygen atoms in total. The molecule has 0 aromatic rings. The van der Waals surface area contributed by atoms with Gasteiger partial charge in [0, 0.05) is 25.3 Å². The number of hydrogen-bond acceptors (Lipinski definition) is 5. The average molecular weight is 383 g/mol. The van der Waals surface area contributed by atoms with Gasteiger partial charge in [-0.3, -0.25) is 14.4 Å². The lowest BCUT2D eigenvalue weighted by atomic mass is 9.87. The van der Waals surface area contributed by atoms with E-state index in [-0.39, 0.29) is 17.7 Å². The Kier molecular flexibility index (Phi) is 7.93. The molecule has 1 saturated carbocycles. The van der Waals surface area contributed by atoms with Crippen LogP contribution in [-0.2, 0) is 14.4 Å². The maximum Gasteiger partial charge on any atom is 0.309 e. The number of nitrogens with one attached hydrogen (secondary N) is 2. The number of ketones is 1. The summed E-state index contributed by atoms with van der Waals surface area (Å²) in [7, 11) is 1.89. The molecule has 2 rings (SSSR count). The molecule has 2 aliphatic rings. The van der Waals surface area contributed by atoms with Crippen molar-refractivity contribution in [3.8, 4) is 0 Å². The van der Waals surface area contributed by atoms with Crippen LogP contribution in [0.25, 0.3) is 0 Å². The Morgan fingerprint density at radius 1 is 1.27 bits per heavy atom. The lowest BCUT2D eigenvalue weighted by Gasteiger charge is -2.26. The van der Waals surface area contributed by atoms with Crippen molar-refractivity contribution < 1.29 is 14.4 Å². The van der Waals surface area contributed by atoms with Gasteiger partial charge in [0.1, 0.15) is 0 Å². The van der Waals surface area contributed by atoms with Gasteiger partial charge in [0.05, 0.1) is 6.04 Å². The monoisotopic (exact) mass is 382 g/mol. The number of thioether (sulfide) groups is 1. The van der Waals surface area contributed by atoms with E-state index in [0.717, 1.165) is 44.4 Å². The van der Waals surface area contributed by atoms with Gasteiger partial charge in [-0.25, -0.2) is 5.43 Å². The van der Waals surface area contributed by atoms with Crippen LogP contribution in [0.3, 0.4) is 0 Å². The van der Waals surface area contributed by atoms with Crippen LogP contribution < -0.4 is 10.7 Å². The van der Waals surface area contributed by atoms with Gasteiger partial charge in [-0.2, -0.15) is 0 Å². The number of amidine groups is 1. The molecule has 1 saturated heterocycles. The van der Waals surface area contributed by atoms with Crippen LogP contribution >= 0.6 is 11.8 Å². The molecule has 8 heteroatoms. The minimum Gasteiger partial charge on any atom is -0.352 e. The van der Waals surface area contributed by atoms with Crippen molar-refractivity contribution in [3.05, 3.63) is 0 Å². The van der Waals surface area contributed by atoms with Crippen LogP contribution in [0.2, 0.25) is 0 Å². The van der Waals surface area contributed by atoms with Gasteiger partial charge in [0.15, 0.2) is 5.17 Å². The van der Waals surface area contributed by atoms with Crippen molar-refractivity contribution in [2.24, 2.45) is 16.9 Å². The molecule has 0 radical (unpaired) electrons.